The number of carbonyl (C=O) groups excluding carboxylic acids is 1. The van der Waals surface area contributed by atoms with E-state index in [0.717, 1.165) is 0 Å². The molecule has 21 heavy (non-hydrogen) atoms. The van der Waals surface area contributed by atoms with E-state index in [4.69, 9.17) is 4.74 Å². The molecule has 2 rings (SSSR count). The number of halogens is 3. The molecule has 0 aliphatic carbocycles. The molecule has 5 nitrogen and oxygen atoms in total. The summed E-state index contributed by atoms with van der Waals surface area (Å²) in [6, 6.07) is 3.18. The maximum absolute atomic E-state index is 12.0. The summed E-state index contributed by atoms with van der Waals surface area (Å²) in [5.41, 5.74) is 1.21. The Kier molecular flexibility index (Phi) is 4.46. The first kappa shape index (κ1) is 15.3. The molecule has 0 N–H and O–H groups in total. The maximum Gasteiger partial charge on any atom is 0.411 e. The van der Waals surface area contributed by atoms with Gasteiger partial charge in [-0.3, -0.25) is 4.40 Å². The predicted molar refractivity (Wildman–Crippen MR) is 66.9 cm³/mol. The zero-order valence-electron chi connectivity index (χ0n) is 11.2. The number of hydrogen-bond acceptors (Lipinski definition) is 4. The van der Waals surface area contributed by atoms with Gasteiger partial charge in [-0.15, -0.1) is 0 Å². The summed E-state index contributed by atoms with van der Waals surface area (Å²) in [5, 5.41) is 0. The fourth-order valence-electron chi connectivity index (χ4n) is 1.75. The normalized spacial score (nSPS) is 11.8. The van der Waals surface area contributed by atoms with E-state index in [1.807, 2.05) is 0 Å². The van der Waals surface area contributed by atoms with E-state index in [1.54, 1.807) is 19.1 Å². The van der Waals surface area contributed by atoms with Gasteiger partial charge in [0.05, 0.1) is 19.4 Å². The highest BCUT2D eigenvalue weighted by Crippen LogP contribution is 2.16. The molecule has 2 aromatic rings. The lowest BCUT2D eigenvalue weighted by molar-refractivity contribution is -0.176. The lowest BCUT2D eigenvalue weighted by Gasteiger charge is -2.08. The van der Waals surface area contributed by atoms with E-state index >= 15 is 0 Å². The fourth-order valence-corrected chi connectivity index (χ4v) is 1.75. The number of rotatable bonds is 5. The second-order valence-corrected chi connectivity index (χ2v) is 4.24. The van der Waals surface area contributed by atoms with Crippen molar-refractivity contribution in [1.82, 2.24) is 9.38 Å². The van der Waals surface area contributed by atoms with Gasteiger partial charge in [-0.2, -0.15) is 13.2 Å². The first-order chi connectivity index (χ1) is 9.90. The minimum absolute atomic E-state index is 0.212. The van der Waals surface area contributed by atoms with Crippen LogP contribution in [0.3, 0.4) is 0 Å². The third-order valence-electron chi connectivity index (χ3n) is 2.59. The Morgan fingerprint density at radius 1 is 1.38 bits per heavy atom. The van der Waals surface area contributed by atoms with Crippen molar-refractivity contribution in [2.75, 3.05) is 13.2 Å². The molecule has 8 heteroatoms. The Morgan fingerprint density at radius 3 is 2.81 bits per heavy atom. The van der Waals surface area contributed by atoms with Crippen LogP contribution in [-0.2, 0) is 16.1 Å². The highest BCUT2D eigenvalue weighted by molar-refractivity contribution is 5.88. The van der Waals surface area contributed by atoms with Crippen LogP contribution < -0.4 is 0 Å². The van der Waals surface area contributed by atoms with Gasteiger partial charge in [0, 0.05) is 6.20 Å². The summed E-state index contributed by atoms with van der Waals surface area (Å²) in [5.74, 6) is -0.543. The van der Waals surface area contributed by atoms with Gasteiger partial charge in [-0.05, 0) is 18.6 Å². The highest BCUT2D eigenvalue weighted by atomic mass is 19.4. The summed E-state index contributed by atoms with van der Waals surface area (Å²) in [6.07, 6.45) is -1.51. The van der Waals surface area contributed by atoms with Crippen LogP contribution in [-0.4, -0.2) is 34.7 Å². The first-order valence-corrected chi connectivity index (χ1v) is 6.18. The summed E-state index contributed by atoms with van der Waals surface area (Å²) < 4.78 is 47.0. The van der Waals surface area contributed by atoms with Gasteiger partial charge in [0.2, 0.25) is 0 Å². The Balaban J connectivity index is 2.16. The summed E-state index contributed by atoms with van der Waals surface area (Å²) >= 11 is 0. The molecule has 2 heterocycles. The number of fused-ring (bicyclic) bond motifs is 1. The molecular formula is C13H13F3N2O3. The summed E-state index contributed by atoms with van der Waals surface area (Å²) in [4.78, 5) is 15.7. The Morgan fingerprint density at radius 2 is 2.14 bits per heavy atom. The fraction of sp³-hybridized carbons (Fsp3) is 0.385. The molecule has 0 spiro atoms. The standard InChI is InChI=1S/C13H13F3N2O3/c1-2-21-12(19)10-5-17-11-4-3-9(6-18(10)11)7-20-8-13(14,15)16/h3-6H,2,7-8H2,1H3. The van der Waals surface area contributed by atoms with Crippen LogP contribution in [0, 0.1) is 0 Å². The summed E-state index contributed by atoms with van der Waals surface area (Å²) in [7, 11) is 0. The Hall–Kier alpha value is -2.09. The van der Waals surface area contributed by atoms with Crippen LogP contribution in [0.5, 0.6) is 0 Å². The largest absolute Gasteiger partial charge is 0.461 e. The molecule has 0 aliphatic heterocycles. The number of carbonyl (C=O) groups is 1. The number of pyridine rings is 1. The van der Waals surface area contributed by atoms with Crippen molar-refractivity contribution in [2.45, 2.75) is 19.7 Å². The molecule has 0 atom stereocenters. The van der Waals surface area contributed by atoms with Crippen molar-refractivity contribution in [3.63, 3.8) is 0 Å². The maximum atomic E-state index is 12.0. The number of aromatic nitrogens is 2. The van der Waals surface area contributed by atoms with Crippen LogP contribution in [0.1, 0.15) is 23.0 Å². The van der Waals surface area contributed by atoms with Crippen LogP contribution in [0.25, 0.3) is 5.65 Å². The highest BCUT2D eigenvalue weighted by Gasteiger charge is 2.27. The zero-order chi connectivity index (χ0) is 15.5. The molecular weight excluding hydrogens is 289 g/mol. The monoisotopic (exact) mass is 302 g/mol. The molecule has 0 bridgehead atoms. The number of ether oxygens (including phenoxy) is 2. The smallest absolute Gasteiger partial charge is 0.411 e. The molecule has 0 saturated carbocycles. The number of hydrogen-bond donors (Lipinski definition) is 0. The number of nitrogens with zero attached hydrogens (tertiary/aromatic N) is 2. The molecule has 0 radical (unpaired) electrons. The van der Waals surface area contributed by atoms with Gasteiger partial charge in [-0.1, -0.05) is 6.07 Å². The van der Waals surface area contributed by atoms with E-state index < -0.39 is 18.8 Å². The molecule has 2 aromatic heterocycles. The summed E-state index contributed by atoms with van der Waals surface area (Å²) in [6.45, 7) is 0.369. The van der Waals surface area contributed by atoms with Crippen LogP contribution in [0.15, 0.2) is 24.5 Å². The average Bonchev–Trinajstić information content (AvgIpc) is 2.80. The first-order valence-electron chi connectivity index (χ1n) is 6.18. The third kappa shape index (κ3) is 3.94. The topological polar surface area (TPSA) is 52.8 Å². The lowest BCUT2D eigenvalue weighted by atomic mass is 10.3. The molecule has 0 aromatic carbocycles. The van der Waals surface area contributed by atoms with E-state index in [1.165, 1.54) is 16.8 Å². The average molecular weight is 302 g/mol. The SMILES string of the molecule is CCOC(=O)c1cnc2ccc(COCC(F)(F)F)cn12. The number of esters is 1. The molecule has 0 fully saturated rings. The zero-order valence-corrected chi connectivity index (χ0v) is 11.2. The van der Waals surface area contributed by atoms with E-state index in [-0.39, 0.29) is 18.9 Å². The molecule has 0 amide bonds. The molecule has 114 valence electrons. The van der Waals surface area contributed by atoms with Crippen molar-refractivity contribution < 1.29 is 27.4 Å². The second kappa shape index (κ2) is 6.13. The van der Waals surface area contributed by atoms with Gasteiger partial charge >= 0.3 is 12.1 Å². The number of imidazole rings is 1. The van der Waals surface area contributed by atoms with Crippen molar-refractivity contribution >= 4 is 11.6 Å². The van der Waals surface area contributed by atoms with Crippen molar-refractivity contribution in [1.29, 1.82) is 0 Å². The Bertz CT molecular complexity index is 637. The minimum Gasteiger partial charge on any atom is -0.461 e. The molecule has 0 aliphatic rings. The van der Waals surface area contributed by atoms with Crippen molar-refractivity contribution in [3.8, 4) is 0 Å². The quantitative estimate of drug-likeness (QED) is 0.797. The van der Waals surface area contributed by atoms with Crippen LogP contribution in [0.2, 0.25) is 0 Å². The van der Waals surface area contributed by atoms with Crippen LogP contribution >= 0.6 is 0 Å². The van der Waals surface area contributed by atoms with E-state index in [2.05, 4.69) is 9.72 Å². The van der Waals surface area contributed by atoms with Gasteiger partial charge in [0.25, 0.3) is 0 Å². The number of alkyl halides is 3. The molecule has 0 saturated heterocycles. The minimum atomic E-state index is -4.37. The Labute approximate surface area is 118 Å². The van der Waals surface area contributed by atoms with Gasteiger partial charge in [0.15, 0.2) is 5.69 Å². The molecule has 0 unspecified atom stereocenters. The second-order valence-electron chi connectivity index (χ2n) is 4.24. The third-order valence-corrected chi connectivity index (χ3v) is 2.59. The lowest BCUT2D eigenvalue weighted by Crippen LogP contribution is -2.16. The van der Waals surface area contributed by atoms with Crippen molar-refractivity contribution in [2.24, 2.45) is 0 Å². The van der Waals surface area contributed by atoms with Gasteiger partial charge in [0.1, 0.15) is 12.3 Å². The van der Waals surface area contributed by atoms with E-state index in [0.29, 0.717) is 11.2 Å². The van der Waals surface area contributed by atoms with Gasteiger partial charge in [-0.25, -0.2) is 9.78 Å². The van der Waals surface area contributed by atoms with E-state index in [9.17, 15) is 18.0 Å². The van der Waals surface area contributed by atoms with Crippen molar-refractivity contribution in [3.05, 3.63) is 35.8 Å². The van der Waals surface area contributed by atoms with Gasteiger partial charge < -0.3 is 9.47 Å². The van der Waals surface area contributed by atoms with Crippen LogP contribution in [0.4, 0.5) is 13.2 Å². The predicted octanol–water partition coefficient (Wildman–Crippen LogP) is 2.59.